The number of hydrogen-bond acceptors (Lipinski definition) is 4. The lowest BCUT2D eigenvalue weighted by atomic mass is 10.1. The summed E-state index contributed by atoms with van der Waals surface area (Å²) in [5, 5.41) is 2.88. The normalized spacial score (nSPS) is 19.4. The number of benzene rings is 2. The van der Waals surface area contributed by atoms with Crippen LogP contribution in [-0.4, -0.2) is 50.2 Å². The Bertz CT molecular complexity index is 983. The second-order valence-electron chi connectivity index (χ2n) is 7.85. The molecule has 1 saturated heterocycles. The Kier molecular flexibility index (Phi) is 5.72. The maximum atomic E-state index is 12.6. The molecule has 2 aliphatic rings. The molecule has 1 amide bonds. The van der Waals surface area contributed by atoms with Crippen molar-refractivity contribution in [3.05, 3.63) is 59.7 Å². The lowest BCUT2D eigenvalue weighted by Crippen LogP contribution is -2.32. The van der Waals surface area contributed by atoms with Gasteiger partial charge in [-0.3, -0.25) is 9.69 Å². The van der Waals surface area contributed by atoms with Gasteiger partial charge in [0.25, 0.3) is 0 Å². The van der Waals surface area contributed by atoms with Crippen molar-refractivity contribution in [2.75, 3.05) is 32.0 Å². The van der Waals surface area contributed by atoms with E-state index in [2.05, 4.69) is 28.4 Å². The summed E-state index contributed by atoms with van der Waals surface area (Å²) in [4.78, 5) is 14.9. The van der Waals surface area contributed by atoms with Gasteiger partial charge in [0, 0.05) is 24.8 Å². The number of nitrogens with zero attached hydrogens (tertiary/aromatic N) is 2. The minimum atomic E-state index is -3.43. The zero-order valence-electron chi connectivity index (χ0n) is 16.7. The Morgan fingerprint density at radius 3 is 2.52 bits per heavy atom. The molecule has 6 nitrogen and oxygen atoms in total. The van der Waals surface area contributed by atoms with Crippen LogP contribution in [0.2, 0.25) is 0 Å². The van der Waals surface area contributed by atoms with E-state index in [0.29, 0.717) is 18.8 Å². The van der Waals surface area contributed by atoms with E-state index in [1.165, 1.54) is 15.4 Å². The number of hydrogen-bond donors (Lipinski definition) is 1. The summed E-state index contributed by atoms with van der Waals surface area (Å²) in [6, 6.07) is 15.1. The average Bonchev–Trinajstić information content (AvgIpc) is 3.39. The molecule has 0 unspecified atom stereocenters. The third-order valence-electron chi connectivity index (χ3n) is 5.87. The van der Waals surface area contributed by atoms with Gasteiger partial charge in [0.1, 0.15) is 0 Å². The van der Waals surface area contributed by atoms with Crippen molar-refractivity contribution >= 4 is 21.6 Å². The minimum Gasteiger partial charge on any atom is -0.325 e. The third kappa shape index (κ3) is 4.22. The molecule has 2 aromatic carbocycles. The fourth-order valence-corrected chi connectivity index (χ4v) is 5.83. The van der Waals surface area contributed by atoms with Crippen LogP contribution in [-0.2, 0) is 21.2 Å². The van der Waals surface area contributed by atoms with Gasteiger partial charge in [0.15, 0.2) is 0 Å². The number of likely N-dealkylation sites (N-methyl/N-ethyl adjacent to an activating group) is 1. The van der Waals surface area contributed by atoms with E-state index in [9.17, 15) is 13.2 Å². The largest absolute Gasteiger partial charge is 0.325 e. The molecule has 1 N–H and O–H groups in total. The van der Waals surface area contributed by atoms with E-state index in [1.807, 2.05) is 13.1 Å². The number of carbonyl (C=O) groups is 1. The van der Waals surface area contributed by atoms with Gasteiger partial charge < -0.3 is 5.32 Å². The fraction of sp³-hybridized carbons (Fsp3) is 0.409. The number of carbonyl (C=O) groups excluding carboxylic acids is 1. The molecule has 2 aromatic rings. The predicted octanol–water partition coefficient (Wildman–Crippen LogP) is 3.03. The Balaban J connectivity index is 1.36. The van der Waals surface area contributed by atoms with Crippen LogP contribution in [0.25, 0.3) is 0 Å². The highest BCUT2D eigenvalue weighted by molar-refractivity contribution is 7.89. The molecular formula is C22H27N3O3S. The number of anilines is 1. The monoisotopic (exact) mass is 413 g/mol. The van der Waals surface area contributed by atoms with Crippen LogP contribution in [0.5, 0.6) is 0 Å². The molecule has 1 fully saturated rings. The first-order chi connectivity index (χ1) is 13.9. The fourth-order valence-electron chi connectivity index (χ4n) is 4.32. The number of fused-ring (bicyclic) bond motifs is 1. The highest BCUT2D eigenvalue weighted by Gasteiger charge is 2.28. The minimum absolute atomic E-state index is 0.105. The average molecular weight is 414 g/mol. The van der Waals surface area contributed by atoms with Crippen LogP contribution in [0.1, 0.15) is 36.4 Å². The zero-order valence-corrected chi connectivity index (χ0v) is 17.5. The Morgan fingerprint density at radius 1 is 1.10 bits per heavy atom. The van der Waals surface area contributed by atoms with E-state index in [0.717, 1.165) is 25.7 Å². The summed E-state index contributed by atoms with van der Waals surface area (Å²) in [6.45, 7) is 1.45. The molecule has 0 spiro atoms. The number of sulfonamides is 1. The second-order valence-corrected chi connectivity index (χ2v) is 9.79. The highest BCUT2D eigenvalue weighted by atomic mass is 32.2. The predicted molar refractivity (Wildman–Crippen MR) is 113 cm³/mol. The number of aryl methyl sites for hydroxylation is 1. The standard InChI is InChI=1S/C22H27N3O3S/c1-24(21-13-8-17-6-2-3-7-20(17)21)16-22(26)23-18-9-11-19(12-10-18)29(27,28)25-14-4-5-15-25/h2-3,6-7,9-12,21H,4-5,8,13-16H2,1H3,(H,23,26)/t21-/m0/s1. The van der Waals surface area contributed by atoms with Crippen molar-refractivity contribution in [2.24, 2.45) is 0 Å². The van der Waals surface area contributed by atoms with Crippen LogP contribution in [0.3, 0.4) is 0 Å². The van der Waals surface area contributed by atoms with Crippen LogP contribution < -0.4 is 5.32 Å². The van der Waals surface area contributed by atoms with E-state index in [4.69, 9.17) is 0 Å². The molecule has 4 rings (SSSR count). The lowest BCUT2D eigenvalue weighted by molar-refractivity contribution is -0.117. The van der Waals surface area contributed by atoms with Gasteiger partial charge in [0.2, 0.25) is 15.9 Å². The van der Waals surface area contributed by atoms with Crippen molar-refractivity contribution in [2.45, 2.75) is 36.6 Å². The number of rotatable bonds is 6. The van der Waals surface area contributed by atoms with E-state index in [-0.39, 0.29) is 23.4 Å². The van der Waals surface area contributed by atoms with Crippen LogP contribution in [0, 0.1) is 0 Å². The van der Waals surface area contributed by atoms with Crippen molar-refractivity contribution in [1.82, 2.24) is 9.21 Å². The van der Waals surface area contributed by atoms with Gasteiger partial charge in [-0.25, -0.2) is 8.42 Å². The molecule has 0 bridgehead atoms. The number of nitrogens with one attached hydrogen (secondary N) is 1. The molecule has 154 valence electrons. The Labute approximate surface area is 172 Å². The maximum Gasteiger partial charge on any atom is 0.243 e. The molecule has 1 atom stereocenters. The summed E-state index contributed by atoms with van der Waals surface area (Å²) < 4.78 is 26.7. The molecule has 1 aliphatic carbocycles. The van der Waals surface area contributed by atoms with Crippen molar-refractivity contribution in [1.29, 1.82) is 0 Å². The maximum absolute atomic E-state index is 12.6. The lowest BCUT2D eigenvalue weighted by Gasteiger charge is -2.24. The summed E-state index contributed by atoms with van der Waals surface area (Å²) in [7, 11) is -1.46. The molecule has 0 aromatic heterocycles. The van der Waals surface area contributed by atoms with Crippen LogP contribution in [0.4, 0.5) is 5.69 Å². The van der Waals surface area contributed by atoms with E-state index in [1.54, 1.807) is 24.3 Å². The summed E-state index contributed by atoms with van der Waals surface area (Å²) in [5.74, 6) is -0.105. The number of amides is 1. The van der Waals surface area contributed by atoms with Gasteiger partial charge in [0.05, 0.1) is 11.4 Å². The molecule has 1 aliphatic heterocycles. The third-order valence-corrected chi connectivity index (χ3v) is 7.78. The van der Waals surface area contributed by atoms with Gasteiger partial charge >= 0.3 is 0 Å². The first-order valence-corrected chi connectivity index (χ1v) is 11.6. The van der Waals surface area contributed by atoms with Gasteiger partial charge in [-0.15, -0.1) is 0 Å². The molecule has 0 saturated carbocycles. The van der Waals surface area contributed by atoms with Gasteiger partial charge in [-0.1, -0.05) is 24.3 Å². The SMILES string of the molecule is CN(CC(=O)Nc1ccc(S(=O)(=O)N2CCCC2)cc1)[C@H]1CCc2ccccc21. The quantitative estimate of drug-likeness (QED) is 0.790. The smallest absolute Gasteiger partial charge is 0.243 e. The Morgan fingerprint density at radius 2 is 1.79 bits per heavy atom. The van der Waals surface area contributed by atoms with Crippen LogP contribution in [0.15, 0.2) is 53.4 Å². The van der Waals surface area contributed by atoms with E-state index < -0.39 is 10.0 Å². The zero-order chi connectivity index (χ0) is 20.4. The van der Waals surface area contributed by atoms with Gasteiger partial charge in [-0.05, 0) is 68.1 Å². The summed E-state index contributed by atoms with van der Waals surface area (Å²) in [6.07, 6.45) is 3.88. The Hall–Kier alpha value is -2.22. The molecule has 0 radical (unpaired) electrons. The molecule has 1 heterocycles. The van der Waals surface area contributed by atoms with Gasteiger partial charge in [-0.2, -0.15) is 4.31 Å². The van der Waals surface area contributed by atoms with Crippen molar-refractivity contribution < 1.29 is 13.2 Å². The van der Waals surface area contributed by atoms with Crippen molar-refractivity contribution in [3.8, 4) is 0 Å². The summed E-state index contributed by atoms with van der Waals surface area (Å²) >= 11 is 0. The van der Waals surface area contributed by atoms with Crippen molar-refractivity contribution in [3.63, 3.8) is 0 Å². The topological polar surface area (TPSA) is 69.7 Å². The molecular weight excluding hydrogens is 386 g/mol. The first-order valence-electron chi connectivity index (χ1n) is 10.1. The molecule has 29 heavy (non-hydrogen) atoms. The molecule has 7 heteroatoms. The second kappa shape index (κ2) is 8.26. The van der Waals surface area contributed by atoms with Crippen LogP contribution >= 0.6 is 0 Å². The van der Waals surface area contributed by atoms with E-state index >= 15 is 0 Å². The highest BCUT2D eigenvalue weighted by Crippen LogP contribution is 2.34. The first kappa shape index (κ1) is 20.1. The summed E-state index contributed by atoms with van der Waals surface area (Å²) in [5.41, 5.74) is 3.27.